The third-order valence-corrected chi connectivity index (χ3v) is 3.96. The quantitative estimate of drug-likeness (QED) is 0.709. The van der Waals surface area contributed by atoms with E-state index in [1.165, 1.54) is 55.7 Å². The second-order valence-electron chi connectivity index (χ2n) is 5.76. The third kappa shape index (κ3) is 4.08. The van der Waals surface area contributed by atoms with Crippen LogP contribution in [0.3, 0.4) is 0 Å². The van der Waals surface area contributed by atoms with E-state index in [0.717, 1.165) is 12.1 Å². The molecule has 146 valence electrons. The van der Waals surface area contributed by atoms with Gasteiger partial charge in [-0.1, -0.05) is 0 Å². The summed E-state index contributed by atoms with van der Waals surface area (Å²) in [5.74, 6) is 0.132. The lowest BCUT2D eigenvalue weighted by Gasteiger charge is -2.15. The number of carbonyl (C=O) groups excluding carboxylic acids is 1. The first-order valence-corrected chi connectivity index (χ1v) is 8.06. The van der Waals surface area contributed by atoms with Crippen molar-refractivity contribution in [3.63, 3.8) is 0 Å². The first kappa shape index (κ1) is 19.3. The molecule has 0 spiro atoms. The average Bonchev–Trinajstić information content (AvgIpc) is 3.21. The van der Waals surface area contributed by atoms with E-state index in [2.05, 4.69) is 10.3 Å². The Bertz CT molecular complexity index is 964. The number of anilines is 1. The molecule has 0 saturated carbocycles. The third-order valence-electron chi connectivity index (χ3n) is 3.96. The van der Waals surface area contributed by atoms with Gasteiger partial charge < -0.3 is 19.4 Å². The van der Waals surface area contributed by atoms with Crippen LogP contribution in [0.5, 0.6) is 11.5 Å². The number of methoxy groups -OCH3 is 2. The molecule has 28 heavy (non-hydrogen) atoms. The summed E-state index contributed by atoms with van der Waals surface area (Å²) in [5.41, 5.74) is -0.507. The first-order valence-electron chi connectivity index (χ1n) is 8.06. The molecule has 6 nitrogen and oxygen atoms in total. The lowest BCUT2D eigenvalue weighted by Crippen LogP contribution is -2.17. The number of aromatic nitrogens is 2. The number of benzene rings is 2. The lowest BCUT2D eigenvalue weighted by atomic mass is 10.1. The highest BCUT2D eigenvalue weighted by atomic mass is 19.4. The minimum atomic E-state index is -4.58. The van der Waals surface area contributed by atoms with Crippen molar-refractivity contribution in [3.05, 3.63) is 66.2 Å². The Kier molecular flexibility index (Phi) is 5.25. The Labute approximate surface area is 158 Å². The van der Waals surface area contributed by atoms with Gasteiger partial charge in [0.25, 0.3) is 5.91 Å². The average molecular weight is 391 g/mol. The van der Waals surface area contributed by atoms with Crippen molar-refractivity contribution in [2.45, 2.75) is 6.18 Å². The zero-order chi connectivity index (χ0) is 20.3. The molecule has 0 bridgehead atoms. The highest BCUT2D eigenvalue weighted by Crippen LogP contribution is 2.32. The molecule has 1 amide bonds. The van der Waals surface area contributed by atoms with E-state index in [1.807, 2.05) is 0 Å². The molecule has 1 N–H and O–H groups in total. The zero-order valence-corrected chi connectivity index (χ0v) is 14.9. The van der Waals surface area contributed by atoms with Gasteiger partial charge in [0.1, 0.15) is 11.5 Å². The maximum Gasteiger partial charge on any atom is 0.416 e. The van der Waals surface area contributed by atoms with Crippen LogP contribution in [0.15, 0.2) is 55.1 Å². The molecule has 0 fully saturated rings. The van der Waals surface area contributed by atoms with Gasteiger partial charge in [-0.2, -0.15) is 13.2 Å². The second-order valence-corrected chi connectivity index (χ2v) is 5.76. The smallest absolute Gasteiger partial charge is 0.416 e. The van der Waals surface area contributed by atoms with Crippen LogP contribution in [-0.4, -0.2) is 29.7 Å². The molecule has 2 aromatic carbocycles. The van der Waals surface area contributed by atoms with Crippen molar-refractivity contribution in [1.82, 2.24) is 9.55 Å². The summed E-state index contributed by atoms with van der Waals surface area (Å²) in [6.45, 7) is 0. The maximum atomic E-state index is 13.1. The summed E-state index contributed by atoms with van der Waals surface area (Å²) in [4.78, 5) is 16.7. The minimum absolute atomic E-state index is 0.158. The van der Waals surface area contributed by atoms with Crippen molar-refractivity contribution in [3.8, 4) is 17.2 Å². The number of amides is 1. The molecule has 1 aromatic heterocycles. The molecule has 0 aliphatic heterocycles. The van der Waals surface area contributed by atoms with E-state index in [9.17, 15) is 18.0 Å². The van der Waals surface area contributed by atoms with Crippen LogP contribution in [0.1, 0.15) is 15.9 Å². The fourth-order valence-corrected chi connectivity index (χ4v) is 2.60. The largest absolute Gasteiger partial charge is 0.497 e. The van der Waals surface area contributed by atoms with E-state index < -0.39 is 17.6 Å². The molecule has 0 aliphatic carbocycles. The molecule has 1 heterocycles. The molecule has 0 saturated heterocycles. The maximum absolute atomic E-state index is 13.1. The van der Waals surface area contributed by atoms with E-state index in [-0.39, 0.29) is 11.3 Å². The van der Waals surface area contributed by atoms with Crippen molar-refractivity contribution in [1.29, 1.82) is 0 Å². The lowest BCUT2D eigenvalue weighted by molar-refractivity contribution is -0.137. The normalized spacial score (nSPS) is 11.2. The Morgan fingerprint density at radius 1 is 1.07 bits per heavy atom. The highest BCUT2D eigenvalue weighted by Gasteiger charge is 2.32. The predicted octanol–water partition coefficient (Wildman–Crippen LogP) is 4.16. The van der Waals surface area contributed by atoms with E-state index >= 15 is 0 Å². The fourth-order valence-electron chi connectivity index (χ4n) is 2.60. The molecule has 3 rings (SSSR count). The molecule has 9 heteroatoms. The van der Waals surface area contributed by atoms with Gasteiger partial charge in [0.2, 0.25) is 0 Å². The van der Waals surface area contributed by atoms with Crippen LogP contribution in [0.25, 0.3) is 5.69 Å². The van der Waals surface area contributed by atoms with Gasteiger partial charge in [0, 0.05) is 36.3 Å². The van der Waals surface area contributed by atoms with Crippen LogP contribution in [-0.2, 0) is 6.18 Å². The molecular weight excluding hydrogens is 375 g/mol. The Morgan fingerprint density at radius 2 is 1.75 bits per heavy atom. The van der Waals surface area contributed by atoms with Gasteiger partial charge in [-0.25, -0.2) is 4.98 Å². The number of hydrogen-bond donors (Lipinski definition) is 1. The van der Waals surface area contributed by atoms with Crippen molar-refractivity contribution in [2.75, 3.05) is 19.5 Å². The SMILES string of the molecule is COc1cc(NC(=O)c2cc(C(F)(F)F)ccc2-n2ccnc2)cc(OC)c1. The number of hydrogen-bond acceptors (Lipinski definition) is 4. The highest BCUT2D eigenvalue weighted by molar-refractivity contribution is 6.07. The fraction of sp³-hybridized carbons (Fsp3) is 0.158. The minimum Gasteiger partial charge on any atom is -0.497 e. The monoisotopic (exact) mass is 391 g/mol. The van der Waals surface area contributed by atoms with Crippen LogP contribution in [0.4, 0.5) is 18.9 Å². The number of ether oxygens (including phenoxy) is 2. The van der Waals surface area contributed by atoms with Gasteiger partial charge in [0.05, 0.1) is 37.4 Å². The van der Waals surface area contributed by atoms with E-state index in [0.29, 0.717) is 17.2 Å². The Morgan fingerprint density at radius 3 is 2.29 bits per heavy atom. The summed E-state index contributed by atoms with van der Waals surface area (Å²) < 4.78 is 51.2. The summed E-state index contributed by atoms with van der Waals surface area (Å²) in [7, 11) is 2.90. The number of rotatable bonds is 5. The number of alkyl halides is 3. The Balaban J connectivity index is 2.02. The second kappa shape index (κ2) is 7.63. The van der Waals surface area contributed by atoms with Crippen molar-refractivity contribution < 1.29 is 27.4 Å². The summed E-state index contributed by atoms with van der Waals surface area (Å²) in [5, 5.41) is 2.59. The number of carbonyl (C=O) groups is 1. The van der Waals surface area contributed by atoms with Gasteiger partial charge >= 0.3 is 6.18 Å². The first-order chi connectivity index (χ1) is 13.3. The Hall–Kier alpha value is -3.49. The van der Waals surface area contributed by atoms with Gasteiger partial charge in [-0.05, 0) is 18.2 Å². The van der Waals surface area contributed by atoms with Crippen LogP contribution < -0.4 is 14.8 Å². The summed E-state index contributed by atoms with van der Waals surface area (Å²) in [6.07, 6.45) is -0.185. The number of imidazole rings is 1. The predicted molar refractivity (Wildman–Crippen MR) is 96.1 cm³/mol. The zero-order valence-electron chi connectivity index (χ0n) is 14.9. The number of nitrogens with zero attached hydrogens (tertiary/aromatic N) is 2. The van der Waals surface area contributed by atoms with Crippen LogP contribution >= 0.6 is 0 Å². The molecule has 3 aromatic rings. The van der Waals surface area contributed by atoms with Gasteiger partial charge in [-0.15, -0.1) is 0 Å². The van der Waals surface area contributed by atoms with Crippen LogP contribution in [0.2, 0.25) is 0 Å². The standard InChI is InChI=1S/C19H16F3N3O3/c1-27-14-8-13(9-15(10-14)28-2)24-18(26)16-7-12(19(20,21)22)3-4-17(16)25-6-5-23-11-25/h3-11H,1-2H3,(H,24,26). The molecular formula is C19H16F3N3O3. The number of nitrogens with one attached hydrogen (secondary N) is 1. The van der Waals surface area contributed by atoms with Crippen molar-refractivity contribution in [2.24, 2.45) is 0 Å². The van der Waals surface area contributed by atoms with Gasteiger partial charge in [-0.3, -0.25) is 4.79 Å². The summed E-state index contributed by atoms with van der Waals surface area (Å²) >= 11 is 0. The topological polar surface area (TPSA) is 65.4 Å². The molecule has 0 unspecified atom stereocenters. The van der Waals surface area contributed by atoms with Gasteiger partial charge in [0.15, 0.2) is 0 Å². The number of halogens is 3. The molecule has 0 aliphatic rings. The van der Waals surface area contributed by atoms with E-state index in [4.69, 9.17) is 9.47 Å². The molecule has 0 radical (unpaired) electrons. The van der Waals surface area contributed by atoms with Crippen molar-refractivity contribution >= 4 is 11.6 Å². The molecule has 0 atom stereocenters. The summed E-state index contributed by atoms with van der Waals surface area (Å²) in [6, 6.07) is 7.63. The van der Waals surface area contributed by atoms with E-state index in [1.54, 1.807) is 6.07 Å². The van der Waals surface area contributed by atoms with Crippen LogP contribution in [0, 0.1) is 0 Å².